The van der Waals surface area contributed by atoms with Gasteiger partial charge in [-0.05, 0) is 42.5 Å². The second kappa shape index (κ2) is 5.77. The molecule has 0 saturated carbocycles. The van der Waals surface area contributed by atoms with Crippen molar-refractivity contribution in [3.05, 3.63) is 51.5 Å². The first-order valence-electron chi connectivity index (χ1n) is 6.75. The molecular formula is C16H14N2O4S. The maximum Gasteiger partial charge on any atom is 0.266 e. The molecule has 0 aliphatic heterocycles. The van der Waals surface area contributed by atoms with Crippen LogP contribution in [0.15, 0.2) is 41.2 Å². The summed E-state index contributed by atoms with van der Waals surface area (Å²) in [4.78, 5) is 15.7. The lowest BCUT2D eigenvalue weighted by atomic mass is 10.2. The summed E-state index contributed by atoms with van der Waals surface area (Å²) in [6, 6.07) is 9.58. The van der Waals surface area contributed by atoms with Gasteiger partial charge in [-0.25, -0.2) is 0 Å². The summed E-state index contributed by atoms with van der Waals surface area (Å²) in [5.41, 5.74) is 0.778. The van der Waals surface area contributed by atoms with Crippen LogP contribution in [-0.4, -0.2) is 28.9 Å². The van der Waals surface area contributed by atoms with E-state index in [0.29, 0.717) is 28.1 Å². The van der Waals surface area contributed by atoms with Crippen molar-refractivity contribution in [2.24, 2.45) is 0 Å². The van der Waals surface area contributed by atoms with Gasteiger partial charge in [0.05, 0.1) is 30.8 Å². The average molecular weight is 330 g/mol. The molecule has 3 rings (SSSR count). The summed E-state index contributed by atoms with van der Waals surface area (Å²) in [6.45, 7) is 0. The summed E-state index contributed by atoms with van der Waals surface area (Å²) >= 11 is 5.30. The number of aromatic hydroxyl groups is 1. The quantitative estimate of drug-likeness (QED) is 0.722. The average Bonchev–Trinajstić information content (AvgIpc) is 2.55. The number of methoxy groups -OCH3 is 2. The van der Waals surface area contributed by atoms with Crippen molar-refractivity contribution in [3.8, 4) is 22.9 Å². The van der Waals surface area contributed by atoms with E-state index in [2.05, 4.69) is 4.98 Å². The molecule has 0 radical (unpaired) electrons. The molecule has 0 saturated heterocycles. The monoisotopic (exact) mass is 330 g/mol. The minimum Gasteiger partial charge on any atom is -0.508 e. The number of hydrogen-bond acceptors (Lipinski definition) is 5. The van der Waals surface area contributed by atoms with Crippen LogP contribution in [0.25, 0.3) is 16.6 Å². The number of aromatic nitrogens is 2. The zero-order valence-corrected chi connectivity index (χ0v) is 13.3. The van der Waals surface area contributed by atoms with Gasteiger partial charge in [-0.1, -0.05) is 0 Å². The maximum atomic E-state index is 12.7. The molecule has 2 aromatic carbocycles. The van der Waals surface area contributed by atoms with Crippen molar-refractivity contribution < 1.29 is 14.6 Å². The lowest BCUT2D eigenvalue weighted by Gasteiger charge is -2.12. The predicted octanol–water partition coefficient (Wildman–Crippen LogP) is 2.77. The molecule has 3 aromatic rings. The molecule has 6 nitrogen and oxygen atoms in total. The fourth-order valence-corrected chi connectivity index (χ4v) is 2.70. The fourth-order valence-electron chi connectivity index (χ4n) is 2.40. The molecule has 0 spiro atoms. The Bertz CT molecular complexity index is 1010. The second-order valence-corrected chi connectivity index (χ2v) is 5.23. The number of ether oxygens (including phenoxy) is 2. The molecule has 0 unspecified atom stereocenters. The molecule has 2 N–H and O–H groups in total. The van der Waals surface area contributed by atoms with Gasteiger partial charge in [0.15, 0.2) is 16.3 Å². The highest BCUT2D eigenvalue weighted by atomic mass is 32.1. The second-order valence-electron chi connectivity index (χ2n) is 4.84. The Morgan fingerprint density at radius 3 is 2.52 bits per heavy atom. The summed E-state index contributed by atoms with van der Waals surface area (Å²) < 4.78 is 12.1. The van der Waals surface area contributed by atoms with Gasteiger partial charge in [0.25, 0.3) is 5.56 Å². The SMILES string of the molecule is COc1ccc(-n2c(=S)[nH]c3ccc(O)cc3c2=O)cc1OC. The Labute approximate surface area is 136 Å². The van der Waals surface area contributed by atoms with E-state index in [4.69, 9.17) is 21.7 Å². The maximum absolute atomic E-state index is 12.7. The Morgan fingerprint density at radius 2 is 1.83 bits per heavy atom. The molecule has 0 aliphatic rings. The Hall–Kier alpha value is -2.80. The van der Waals surface area contributed by atoms with Crippen molar-refractivity contribution in [2.75, 3.05) is 14.2 Å². The van der Waals surface area contributed by atoms with Gasteiger partial charge in [0, 0.05) is 6.07 Å². The Balaban J connectivity index is 2.32. The third kappa shape index (κ3) is 2.55. The van der Waals surface area contributed by atoms with Crippen LogP contribution in [-0.2, 0) is 0 Å². The largest absolute Gasteiger partial charge is 0.508 e. The highest BCUT2D eigenvalue weighted by molar-refractivity contribution is 7.71. The van der Waals surface area contributed by atoms with Gasteiger partial charge < -0.3 is 19.6 Å². The molecular weight excluding hydrogens is 316 g/mol. The molecule has 118 valence electrons. The van der Waals surface area contributed by atoms with Gasteiger partial charge in [0.2, 0.25) is 0 Å². The van der Waals surface area contributed by atoms with Crippen molar-refractivity contribution in [1.29, 1.82) is 0 Å². The smallest absolute Gasteiger partial charge is 0.266 e. The summed E-state index contributed by atoms with van der Waals surface area (Å²) in [5, 5.41) is 9.95. The number of H-pyrrole nitrogens is 1. The number of phenols is 1. The number of fused-ring (bicyclic) bond motifs is 1. The zero-order chi connectivity index (χ0) is 16.6. The van der Waals surface area contributed by atoms with Crippen molar-refractivity contribution in [2.45, 2.75) is 0 Å². The molecule has 0 bridgehead atoms. The van der Waals surface area contributed by atoms with Crippen LogP contribution in [0, 0.1) is 4.77 Å². The standard InChI is InChI=1S/C16H14N2O4S/c1-21-13-6-3-9(7-14(13)22-2)18-15(20)11-8-10(19)4-5-12(11)17-16(18)23/h3-8,19H,1-2H3,(H,17,23). The van der Waals surface area contributed by atoms with E-state index < -0.39 is 0 Å². The van der Waals surface area contributed by atoms with Crippen LogP contribution in [0.3, 0.4) is 0 Å². The van der Waals surface area contributed by atoms with Gasteiger partial charge in [-0.3, -0.25) is 9.36 Å². The topological polar surface area (TPSA) is 76.5 Å². The van der Waals surface area contributed by atoms with E-state index in [1.54, 1.807) is 24.3 Å². The van der Waals surface area contributed by atoms with Crippen molar-refractivity contribution in [3.63, 3.8) is 0 Å². The Kier molecular flexibility index (Phi) is 3.79. The summed E-state index contributed by atoms with van der Waals surface area (Å²) in [6.07, 6.45) is 0. The van der Waals surface area contributed by atoms with E-state index >= 15 is 0 Å². The fraction of sp³-hybridized carbons (Fsp3) is 0.125. The molecule has 23 heavy (non-hydrogen) atoms. The van der Waals surface area contributed by atoms with Gasteiger partial charge in [-0.15, -0.1) is 0 Å². The first-order chi connectivity index (χ1) is 11.0. The van der Waals surface area contributed by atoms with Gasteiger partial charge in [-0.2, -0.15) is 0 Å². The number of aromatic amines is 1. The molecule has 0 amide bonds. The normalized spacial score (nSPS) is 10.7. The number of rotatable bonds is 3. The van der Waals surface area contributed by atoms with Crippen LogP contribution in [0.5, 0.6) is 17.2 Å². The predicted molar refractivity (Wildman–Crippen MR) is 89.5 cm³/mol. The van der Waals surface area contributed by atoms with E-state index in [1.165, 1.54) is 30.9 Å². The van der Waals surface area contributed by atoms with Gasteiger partial charge >= 0.3 is 0 Å². The number of hydrogen-bond donors (Lipinski definition) is 2. The van der Waals surface area contributed by atoms with E-state index in [1.807, 2.05) is 0 Å². The summed E-state index contributed by atoms with van der Waals surface area (Å²) in [5.74, 6) is 1.05. The van der Waals surface area contributed by atoms with E-state index in [0.717, 1.165) is 0 Å². The highest BCUT2D eigenvalue weighted by Crippen LogP contribution is 2.29. The van der Waals surface area contributed by atoms with Crippen LogP contribution >= 0.6 is 12.2 Å². The highest BCUT2D eigenvalue weighted by Gasteiger charge is 2.11. The Morgan fingerprint density at radius 1 is 1.09 bits per heavy atom. The minimum absolute atomic E-state index is 0.0129. The number of phenolic OH excluding ortho intramolecular Hbond substituents is 1. The molecule has 1 aromatic heterocycles. The van der Waals surface area contributed by atoms with Crippen LogP contribution in [0.1, 0.15) is 0 Å². The van der Waals surface area contributed by atoms with E-state index in [-0.39, 0.29) is 16.1 Å². The third-order valence-corrected chi connectivity index (χ3v) is 3.79. The lowest BCUT2D eigenvalue weighted by molar-refractivity contribution is 0.355. The first-order valence-corrected chi connectivity index (χ1v) is 7.16. The number of benzene rings is 2. The molecule has 0 atom stereocenters. The lowest BCUT2D eigenvalue weighted by Crippen LogP contribution is -2.20. The van der Waals surface area contributed by atoms with E-state index in [9.17, 15) is 9.90 Å². The number of nitrogens with one attached hydrogen (secondary N) is 1. The molecule has 0 fully saturated rings. The molecule has 0 aliphatic carbocycles. The van der Waals surface area contributed by atoms with Crippen LogP contribution in [0.4, 0.5) is 0 Å². The summed E-state index contributed by atoms with van der Waals surface area (Å²) in [7, 11) is 3.05. The zero-order valence-electron chi connectivity index (χ0n) is 12.5. The minimum atomic E-state index is -0.327. The van der Waals surface area contributed by atoms with Gasteiger partial charge in [0.1, 0.15) is 5.75 Å². The molecule has 1 heterocycles. The van der Waals surface area contributed by atoms with Crippen molar-refractivity contribution in [1.82, 2.24) is 9.55 Å². The van der Waals surface area contributed by atoms with Crippen molar-refractivity contribution >= 4 is 23.1 Å². The third-order valence-electron chi connectivity index (χ3n) is 3.51. The van der Waals surface area contributed by atoms with Crippen LogP contribution in [0.2, 0.25) is 0 Å². The van der Waals surface area contributed by atoms with Crippen LogP contribution < -0.4 is 15.0 Å². The molecule has 7 heteroatoms. The number of nitrogens with zero attached hydrogens (tertiary/aromatic N) is 1. The first kappa shape index (κ1) is 15.1.